The minimum atomic E-state index is -0.0122. The molecule has 0 saturated heterocycles. The van der Waals surface area contributed by atoms with Crippen LogP contribution in [0.5, 0.6) is 5.75 Å². The van der Waals surface area contributed by atoms with E-state index < -0.39 is 0 Å². The standard InChI is InChI=1S/C12H15ClO2/c1-3-9(2)8-15-12-5-4-10(7-14)6-11(12)13/h4-6,14H,2-3,7-8H2,1H3. The Kier molecular flexibility index (Phi) is 4.66. The minimum absolute atomic E-state index is 0.0122. The highest BCUT2D eigenvalue weighted by Crippen LogP contribution is 2.25. The second kappa shape index (κ2) is 5.79. The monoisotopic (exact) mass is 226 g/mol. The van der Waals surface area contributed by atoms with Gasteiger partial charge in [-0.3, -0.25) is 0 Å². The highest BCUT2D eigenvalue weighted by Gasteiger charge is 2.03. The lowest BCUT2D eigenvalue weighted by molar-refractivity contribution is 0.281. The molecule has 0 unspecified atom stereocenters. The molecule has 15 heavy (non-hydrogen) atoms. The molecule has 0 bridgehead atoms. The van der Waals surface area contributed by atoms with Gasteiger partial charge in [0.15, 0.2) is 0 Å². The SMILES string of the molecule is C=C(CC)COc1ccc(CO)cc1Cl. The van der Waals surface area contributed by atoms with Gasteiger partial charge in [0, 0.05) is 0 Å². The van der Waals surface area contributed by atoms with Crippen LogP contribution in [0.25, 0.3) is 0 Å². The molecule has 0 radical (unpaired) electrons. The first kappa shape index (κ1) is 12.1. The van der Waals surface area contributed by atoms with Gasteiger partial charge in [0.05, 0.1) is 11.6 Å². The molecule has 0 aromatic heterocycles. The van der Waals surface area contributed by atoms with Crippen molar-refractivity contribution in [2.45, 2.75) is 20.0 Å². The fourth-order valence-electron chi connectivity index (χ4n) is 1.04. The summed E-state index contributed by atoms with van der Waals surface area (Å²) in [5.41, 5.74) is 1.80. The summed E-state index contributed by atoms with van der Waals surface area (Å²) in [6, 6.07) is 5.25. The summed E-state index contributed by atoms with van der Waals surface area (Å²) in [5.74, 6) is 0.628. The van der Waals surface area contributed by atoms with Crippen molar-refractivity contribution in [3.63, 3.8) is 0 Å². The van der Waals surface area contributed by atoms with Crippen molar-refractivity contribution in [1.29, 1.82) is 0 Å². The van der Waals surface area contributed by atoms with Crippen molar-refractivity contribution >= 4 is 11.6 Å². The van der Waals surface area contributed by atoms with Crippen molar-refractivity contribution in [2.24, 2.45) is 0 Å². The quantitative estimate of drug-likeness (QED) is 0.782. The molecule has 2 nitrogen and oxygen atoms in total. The van der Waals surface area contributed by atoms with Gasteiger partial charge in [-0.2, -0.15) is 0 Å². The summed E-state index contributed by atoms with van der Waals surface area (Å²) >= 11 is 5.97. The highest BCUT2D eigenvalue weighted by atomic mass is 35.5. The minimum Gasteiger partial charge on any atom is -0.488 e. The number of hydrogen-bond donors (Lipinski definition) is 1. The topological polar surface area (TPSA) is 29.5 Å². The predicted octanol–water partition coefficient (Wildman–Crippen LogP) is 3.18. The van der Waals surface area contributed by atoms with Crippen LogP contribution in [0, 0.1) is 0 Å². The number of benzene rings is 1. The maximum atomic E-state index is 8.90. The van der Waals surface area contributed by atoms with E-state index in [0.717, 1.165) is 17.6 Å². The Morgan fingerprint density at radius 2 is 2.27 bits per heavy atom. The van der Waals surface area contributed by atoms with Crippen LogP contribution < -0.4 is 4.74 Å². The molecule has 1 rings (SSSR count). The molecule has 3 heteroatoms. The molecule has 0 fully saturated rings. The van der Waals surface area contributed by atoms with Crippen molar-refractivity contribution in [2.75, 3.05) is 6.61 Å². The molecule has 0 aliphatic carbocycles. The Balaban J connectivity index is 2.66. The first-order valence-corrected chi connectivity index (χ1v) is 5.24. The van der Waals surface area contributed by atoms with Gasteiger partial charge in [-0.05, 0) is 29.7 Å². The van der Waals surface area contributed by atoms with Crippen molar-refractivity contribution in [3.05, 3.63) is 40.9 Å². The van der Waals surface area contributed by atoms with Gasteiger partial charge >= 0.3 is 0 Å². The molecule has 0 aliphatic heterocycles. The number of aliphatic hydroxyl groups excluding tert-OH is 1. The summed E-state index contributed by atoms with van der Waals surface area (Å²) in [7, 11) is 0. The lowest BCUT2D eigenvalue weighted by Crippen LogP contribution is -2.00. The number of halogens is 1. The Morgan fingerprint density at radius 1 is 1.53 bits per heavy atom. The Labute approximate surface area is 95.1 Å². The molecule has 0 aliphatic rings. The summed E-state index contributed by atoms with van der Waals surface area (Å²) in [6.07, 6.45) is 0.895. The van der Waals surface area contributed by atoms with E-state index in [1.54, 1.807) is 18.2 Å². The molecular formula is C12H15ClO2. The van der Waals surface area contributed by atoms with E-state index in [9.17, 15) is 0 Å². The molecule has 1 aromatic rings. The maximum absolute atomic E-state index is 8.90. The molecule has 1 N–H and O–H groups in total. The zero-order chi connectivity index (χ0) is 11.3. The number of hydrogen-bond acceptors (Lipinski definition) is 2. The van der Waals surface area contributed by atoms with Gasteiger partial charge in [-0.25, -0.2) is 0 Å². The molecular weight excluding hydrogens is 212 g/mol. The lowest BCUT2D eigenvalue weighted by atomic mass is 10.2. The predicted molar refractivity (Wildman–Crippen MR) is 62.3 cm³/mol. The summed E-state index contributed by atoms with van der Waals surface area (Å²) in [6.45, 7) is 6.34. The van der Waals surface area contributed by atoms with E-state index in [4.69, 9.17) is 21.4 Å². The number of rotatable bonds is 5. The normalized spacial score (nSPS) is 10.1. The van der Waals surface area contributed by atoms with E-state index in [2.05, 4.69) is 6.58 Å². The Morgan fingerprint density at radius 3 is 2.80 bits per heavy atom. The van der Waals surface area contributed by atoms with Gasteiger partial charge in [0.25, 0.3) is 0 Å². The maximum Gasteiger partial charge on any atom is 0.138 e. The van der Waals surface area contributed by atoms with Crippen LogP contribution in [0.1, 0.15) is 18.9 Å². The van der Waals surface area contributed by atoms with E-state index in [-0.39, 0.29) is 6.61 Å². The molecule has 0 heterocycles. The van der Waals surface area contributed by atoms with Crippen molar-refractivity contribution in [1.82, 2.24) is 0 Å². The van der Waals surface area contributed by atoms with Crippen LogP contribution in [0.4, 0.5) is 0 Å². The zero-order valence-corrected chi connectivity index (χ0v) is 9.55. The molecule has 0 saturated carbocycles. The Hall–Kier alpha value is -0.990. The molecule has 0 amide bonds. The van der Waals surface area contributed by atoms with Gasteiger partial charge in [0.2, 0.25) is 0 Å². The van der Waals surface area contributed by atoms with Crippen LogP contribution in [0.2, 0.25) is 5.02 Å². The third kappa shape index (κ3) is 3.57. The van der Waals surface area contributed by atoms with E-state index in [1.807, 2.05) is 6.92 Å². The van der Waals surface area contributed by atoms with Gasteiger partial charge < -0.3 is 9.84 Å². The van der Waals surface area contributed by atoms with Crippen molar-refractivity contribution < 1.29 is 9.84 Å². The second-order valence-corrected chi connectivity index (χ2v) is 3.72. The fraction of sp³-hybridized carbons (Fsp3) is 0.333. The lowest BCUT2D eigenvalue weighted by Gasteiger charge is -2.09. The molecule has 1 aromatic carbocycles. The van der Waals surface area contributed by atoms with Crippen LogP contribution in [0.3, 0.4) is 0 Å². The highest BCUT2D eigenvalue weighted by molar-refractivity contribution is 6.32. The molecule has 82 valence electrons. The first-order chi connectivity index (χ1) is 7.17. The summed E-state index contributed by atoms with van der Waals surface area (Å²) in [4.78, 5) is 0. The van der Waals surface area contributed by atoms with Crippen LogP contribution in [0.15, 0.2) is 30.4 Å². The molecule has 0 atom stereocenters. The van der Waals surface area contributed by atoms with Gasteiger partial charge in [-0.15, -0.1) is 0 Å². The average Bonchev–Trinajstić information content (AvgIpc) is 2.26. The van der Waals surface area contributed by atoms with Crippen LogP contribution >= 0.6 is 11.6 Å². The first-order valence-electron chi connectivity index (χ1n) is 4.86. The fourth-order valence-corrected chi connectivity index (χ4v) is 1.30. The van der Waals surface area contributed by atoms with Gasteiger partial charge in [0.1, 0.15) is 12.4 Å². The van der Waals surface area contributed by atoms with E-state index in [0.29, 0.717) is 17.4 Å². The third-order valence-corrected chi connectivity index (χ3v) is 2.41. The zero-order valence-electron chi connectivity index (χ0n) is 8.79. The van der Waals surface area contributed by atoms with E-state index >= 15 is 0 Å². The van der Waals surface area contributed by atoms with Crippen LogP contribution in [-0.4, -0.2) is 11.7 Å². The number of aliphatic hydroxyl groups is 1. The second-order valence-electron chi connectivity index (χ2n) is 3.32. The number of ether oxygens (including phenoxy) is 1. The molecule has 0 spiro atoms. The third-order valence-electron chi connectivity index (χ3n) is 2.11. The van der Waals surface area contributed by atoms with E-state index in [1.165, 1.54) is 0 Å². The van der Waals surface area contributed by atoms with Gasteiger partial charge in [-0.1, -0.05) is 31.2 Å². The largest absolute Gasteiger partial charge is 0.488 e. The summed E-state index contributed by atoms with van der Waals surface area (Å²) in [5, 5.41) is 9.41. The van der Waals surface area contributed by atoms with Crippen LogP contribution in [-0.2, 0) is 6.61 Å². The Bertz CT molecular complexity index is 347. The average molecular weight is 227 g/mol. The smallest absolute Gasteiger partial charge is 0.138 e. The van der Waals surface area contributed by atoms with Crippen molar-refractivity contribution in [3.8, 4) is 5.75 Å². The summed E-state index contributed by atoms with van der Waals surface area (Å²) < 4.78 is 5.48.